The Morgan fingerprint density at radius 3 is 2.32 bits per heavy atom. The van der Waals surface area contributed by atoms with Gasteiger partial charge in [-0.1, -0.05) is 13.3 Å². The van der Waals surface area contributed by atoms with Gasteiger partial charge in [0.1, 0.15) is 19.0 Å². The Kier molecular flexibility index (Phi) is 10.2. The van der Waals surface area contributed by atoms with E-state index in [1.54, 1.807) is 0 Å². The first-order valence-corrected chi connectivity index (χ1v) is 8.86. The van der Waals surface area contributed by atoms with Gasteiger partial charge in [0.05, 0.1) is 6.61 Å². The zero-order valence-corrected chi connectivity index (χ0v) is 16.4. The summed E-state index contributed by atoms with van der Waals surface area (Å²) in [5.74, 6) is -2.44. The van der Waals surface area contributed by atoms with E-state index in [4.69, 9.17) is 28.4 Å². The highest BCUT2D eigenvalue weighted by molar-refractivity contribution is 5.70. The molecular formula is C18H26O10. The summed E-state index contributed by atoms with van der Waals surface area (Å²) in [6.45, 7) is 5.09. The van der Waals surface area contributed by atoms with Crippen molar-refractivity contribution in [2.24, 2.45) is 0 Å². The van der Waals surface area contributed by atoms with Gasteiger partial charge in [-0.3, -0.25) is 14.4 Å². The minimum atomic E-state index is -1.19. The summed E-state index contributed by atoms with van der Waals surface area (Å²) < 4.78 is 31.0. The zero-order chi connectivity index (χ0) is 21.1. The van der Waals surface area contributed by atoms with Crippen LogP contribution < -0.4 is 0 Å². The molecule has 0 saturated heterocycles. The SMILES string of the molecule is CCCCOC(=O)COC1OC(COC(C)=O)C(OC(C)=O)=CC1OC(C)=O. The van der Waals surface area contributed by atoms with E-state index in [1.807, 2.05) is 6.92 Å². The second kappa shape index (κ2) is 12.1. The Morgan fingerprint density at radius 1 is 1.04 bits per heavy atom. The van der Waals surface area contributed by atoms with Crippen LogP contribution in [0.15, 0.2) is 11.8 Å². The first-order chi connectivity index (χ1) is 13.2. The lowest BCUT2D eigenvalue weighted by atomic mass is 10.1. The van der Waals surface area contributed by atoms with Crippen molar-refractivity contribution in [1.82, 2.24) is 0 Å². The standard InChI is InChI=1S/C18H26O10/c1-5-6-7-23-17(22)10-25-18-15(27-13(4)21)8-14(26-12(3)20)16(28-18)9-24-11(2)19/h8,15-16,18H,5-7,9-10H2,1-4H3. The molecule has 0 aromatic carbocycles. The van der Waals surface area contributed by atoms with E-state index < -0.39 is 49.0 Å². The molecule has 0 spiro atoms. The van der Waals surface area contributed by atoms with Crippen LogP contribution in [0.5, 0.6) is 0 Å². The second-order valence-corrected chi connectivity index (χ2v) is 5.92. The monoisotopic (exact) mass is 402 g/mol. The highest BCUT2D eigenvalue weighted by Gasteiger charge is 2.37. The predicted octanol–water partition coefficient (Wildman–Crippen LogP) is 1.01. The molecule has 0 aromatic rings. The van der Waals surface area contributed by atoms with Gasteiger partial charge < -0.3 is 28.4 Å². The number of hydrogen-bond donors (Lipinski definition) is 0. The van der Waals surface area contributed by atoms with Gasteiger partial charge in [0, 0.05) is 26.8 Å². The van der Waals surface area contributed by atoms with Crippen molar-refractivity contribution < 1.29 is 47.6 Å². The molecule has 158 valence electrons. The minimum absolute atomic E-state index is 0.00497. The molecule has 0 N–H and O–H groups in total. The van der Waals surface area contributed by atoms with E-state index in [9.17, 15) is 19.2 Å². The van der Waals surface area contributed by atoms with Crippen molar-refractivity contribution in [3.8, 4) is 0 Å². The molecule has 0 aliphatic carbocycles. The van der Waals surface area contributed by atoms with Gasteiger partial charge >= 0.3 is 23.9 Å². The maximum atomic E-state index is 11.7. The van der Waals surface area contributed by atoms with E-state index in [-0.39, 0.29) is 19.0 Å². The molecule has 0 aromatic heterocycles. The largest absolute Gasteiger partial charge is 0.464 e. The normalized spacial score (nSPS) is 21.3. The molecule has 3 unspecified atom stereocenters. The molecule has 0 amide bonds. The first kappa shape index (κ1) is 23.6. The fourth-order valence-corrected chi connectivity index (χ4v) is 2.17. The van der Waals surface area contributed by atoms with Crippen molar-refractivity contribution >= 4 is 23.9 Å². The molecule has 1 heterocycles. The van der Waals surface area contributed by atoms with Gasteiger partial charge in [-0.15, -0.1) is 0 Å². The second-order valence-electron chi connectivity index (χ2n) is 5.92. The number of ether oxygens (including phenoxy) is 6. The molecule has 10 heteroatoms. The van der Waals surface area contributed by atoms with Gasteiger partial charge in [-0.25, -0.2) is 4.79 Å². The van der Waals surface area contributed by atoms with Crippen molar-refractivity contribution in [3.63, 3.8) is 0 Å². The molecule has 3 atom stereocenters. The number of carbonyl (C=O) groups is 4. The van der Waals surface area contributed by atoms with Gasteiger partial charge in [-0.2, -0.15) is 0 Å². The average molecular weight is 402 g/mol. The number of carbonyl (C=O) groups excluding carboxylic acids is 4. The Hall–Kier alpha value is -2.46. The number of rotatable bonds is 10. The van der Waals surface area contributed by atoms with Crippen molar-refractivity contribution in [1.29, 1.82) is 0 Å². The Labute approximate surface area is 163 Å². The highest BCUT2D eigenvalue weighted by atomic mass is 16.7. The van der Waals surface area contributed by atoms with Crippen LogP contribution in [0.1, 0.15) is 40.5 Å². The minimum Gasteiger partial charge on any atom is -0.464 e. The van der Waals surface area contributed by atoms with Crippen molar-refractivity contribution in [3.05, 3.63) is 11.8 Å². The maximum Gasteiger partial charge on any atom is 0.332 e. The van der Waals surface area contributed by atoms with Crippen LogP contribution in [-0.2, 0) is 47.6 Å². The van der Waals surface area contributed by atoms with E-state index in [0.29, 0.717) is 0 Å². The van der Waals surface area contributed by atoms with Crippen molar-refractivity contribution in [2.75, 3.05) is 19.8 Å². The Bertz CT molecular complexity index is 597. The summed E-state index contributed by atoms with van der Waals surface area (Å²) in [5, 5.41) is 0. The molecule has 0 saturated carbocycles. The Balaban J connectivity index is 2.87. The number of hydrogen-bond acceptors (Lipinski definition) is 10. The first-order valence-electron chi connectivity index (χ1n) is 8.86. The van der Waals surface area contributed by atoms with Crippen LogP contribution in [0.2, 0.25) is 0 Å². The molecular weight excluding hydrogens is 376 g/mol. The topological polar surface area (TPSA) is 124 Å². The van der Waals surface area contributed by atoms with E-state index in [2.05, 4.69) is 0 Å². The molecule has 0 radical (unpaired) electrons. The Morgan fingerprint density at radius 2 is 1.75 bits per heavy atom. The predicted molar refractivity (Wildman–Crippen MR) is 92.5 cm³/mol. The maximum absolute atomic E-state index is 11.7. The summed E-state index contributed by atoms with van der Waals surface area (Å²) in [4.78, 5) is 45.5. The van der Waals surface area contributed by atoms with Gasteiger partial charge in [0.15, 0.2) is 18.5 Å². The third-order valence-corrected chi connectivity index (χ3v) is 3.34. The van der Waals surface area contributed by atoms with E-state index in [0.717, 1.165) is 12.8 Å². The van der Waals surface area contributed by atoms with Crippen LogP contribution in [-0.4, -0.2) is 62.2 Å². The van der Waals surface area contributed by atoms with Crippen LogP contribution in [0.4, 0.5) is 0 Å². The molecule has 10 nitrogen and oxygen atoms in total. The molecule has 28 heavy (non-hydrogen) atoms. The van der Waals surface area contributed by atoms with E-state index in [1.165, 1.54) is 26.8 Å². The summed E-state index contributed by atoms with van der Waals surface area (Å²) >= 11 is 0. The van der Waals surface area contributed by atoms with Crippen LogP contribution >= 0.6 is 0 Å². The van der Waals surface area contributed by atoms with Crippen LogP contribution in [0.3, 0.4) is 0 Å². The molecule has 1 aliphatic heterocycles. The van der Waals surface area contributed by atoms with Gasteiger partial charge in [0.25, 0.3) is 0 Å². The molecule has 0 fully saturated rings. The quantitative estimate of drug-likeness (QED) is 0.297. The summed E-state index contributed by atoms with van der Waals surface area (Å²) in [7, 11) is 0. The average Bonchev–Trinajstić information content (AvgIpc) is 2.59. The molecule has 1 aliphatic rings. The summed E-state index contributed by atoms with van der Waals surface area (Å²) in [5.41, 5.74) is 0. The van der Waals surface area contributed by atoms with Gasteiger partial charge in [0.2, 0.25) is 0 Å². The summed E-state index contributed by atoms with van der Waals surface area (Å²) in [6.07, 6.45) is -0.350. The fraction of sp³-hybridized carbons (Fsp3) is 0.667. The molecule has 1 rings (SSSR count). The third-order valence-electron chi connectivity index (χ3n) is 3.34. The fourth-order valence-electron chi connectivity index (χ4n) is 2.17. The smallest absolute Gasteiger partial charge is 0.332 e. The lowest BCUT2D eigenvalue weighted by Crippen LogP contribution is -2.45. The lowest BCUT2D eigenvalue weighted by Gasteiger charge is -2.33. The van der Waals surface area contributed by atoms with Gasteiger partial charge in [-0.05, 0) is 6.42 Å². The zero-order valence-electron chi connectivity index (χ0n) is 16.4. The summed E-state index contributed by atoms with van der Waals surface area (Å²) in [6, 6.07) is 0. The lowest BCUT2D eigenvalue weighted by molar-refractivity contribution is -0.231. The molecule has 0 bridgehead atoms. The third kappa shape index (κ3) is 8.96. The highest BCUT2D eigenvalue weighted by Crippen LogP contribution is 2.24. The van der Waals surface area contributed by atoms with E-state index >= 15 is 0 Å². The van der Waals surface area contributed by atoms with Crippen LogP contribution in [0, 0.1) is 0 Å². The van der Waals surface area contributed by atoms with Crippen molar-refractivity contribution in [2.45, 2.75) is 59.0 Å². The number of esters is 4. The van der Waals surface area contributed by atoms with Crippen LogP contribution in [0.25, 0.3) is 0 Å². The number of unbranched alkanes of at least 4 members (excludes halogenated alkanes) is 1.